The first-order valence-corrected chi connectivity index (χ1v) is 5.14. The molecule has 1 atom stereocenters. The molecule has 1 aliphatic heterocycles. The summed E-state index contributed by atoms with van der Waals surface area (Å²) in [6.07, 6.45) is 0. The van der Waals surface area contributed by atoms with E-state index in [1.165, 1.54) is 11.1 Å². The molecule has 0 bridgehead atoms. The lowest BCUT2D eigenvalue weighted by atomic mass is 10.1. The molecule has 2 amide bonds. The monoisotopic (exact) mass is 204 g/mol. The average molecular weight is 204 g/mol. The second-order valence-electron chi connectivity index (χ2n) is 4.20. The van der Waals surface area contributed by atoms with Crippen LogP contribution < -0.4 is 0 Å². The molecule has 1 unspecified atom stereocenters. The highest BCUT2D eigenvalue weighted by molar-refractivity contribution is 5.76. The number of hydrogen-bond donors (Lipinski definition) is 0. The molecular weight excluding hydrogens is 188 g/mol. The van der Waals surface area contributed by atoms with Gasteiger partial charge in [-0.25, -0.2) is 4.79 Å². The van der Waals surface area contributed by atoms with Crippen molar-refractivity contribution in [3.05, 3.63) is 35.4 Å². The van der Waals surface area contributed by atoms with E-state index in [2.05, 4.69) is 31.2 Å². The Morgan fingerprint density at radius 3 is 2.27 bits per heavy atom. The summed E-state index contributed by atoms with van der Waals surface area (Å²) in [5.74, 6) is 0. The van der Waals surface area contributed by atoms with E-state index < -0.39 is 0 Å². The van der Waals surface area contributed by atoms with Crippen molar-refractivity contribution in [1.82, 2.24) is 9.80 Å². The van der Waals surface area contributed by atoms with E-state index in [1.54, 1.807) is 9.80 Å². The van der Waals surface area contributed by atoms with E-state index in [-0.39, 0.29) is 12.1 Å². The van der Waals surface area contributed by atoms with Crippen molar-refractivity contribution < 1.29 is 4.79 Å². The summed E-state index contributed by atoms with van der Waals surface area (Å²) in [5.41, 5.74) is 2.46. The minimum atomic E-state index is 0.0978. The van der Waals surface area contributed by atoms with Gasteiger partial charge >= 0.3 is 6.03 Å². The van der Waals surface area contributed by atoms with E-state index in [4.69, 9.17) is 0 Å². The van der Waals surface area contributed by atoms with Gasteiger partial charge in [0.15, 0.2) is 0 Å². The molecule has 0 saturated carbocycles. The van der Waals surface area contributed by atoms with Crippen molar-refractivity contribution in [2.45, 2.75) is 13.0 Å². The third-order valence-corrected chi connectivity index (χ3v) is 3.00. The van der Waals surface area contributed by atoms with Gasteiger partial charge in [-0.3, -0.25) is 0 Å². The molecule has 1 aromatic carbocycles. The summed E-state index contributed by atoms with van der Waals surface area (Å²) < 4.78 is 0. The molecule has 1 heterocycles. The first-order chi connectivity index (χ1) is 7.09. The number of rotatable bonds is 1. The second kappa shape index (κ2) is 3.57. The average Bonchev–Trinajstić information content (AvgIpc) is 2.47. The van der Waals surface area contributed by atoms with Gasteiger partial charge in [0.05, 0.1) is 6.04 Å². The summed E-state index contributed by atoms with van der Waals surface area (Å²) in [7, 11) is 3.70. The lowest BCUT2D eigenvalue weighted by molar-refractivity contribution is 0.201. The maximum atomic E-state index is 11.6. The standard InChI is InChI=1S/C12H16N2O/c1-9-4-6-10(7-5-9)11-8-13(2)12(15)14(11)3/h4-7,11H,8H2,1-3H3. The zero-order valence-corrected chi connectivity index (χ0v) is 9.40. The Labute approximate surface area is 90.3 Å². The number of benzene rings is 1. The first kappa shape index (κ1) is 10.0. The molecule has 1 saturated heterocycles. The number of urea groups is 1. The van der Waals surface area contributed by atoms with Gasteiger partial charge in [-0.15, -0.1) is 0 Å². The molecule has 2 rings (SSSR count). The van der Waals surface area contributed by atoms with Crippen molar-refractivity contribution in [2.75, 3.05) is 20.6 Å². The van der Waals surface area contributed by atoms with Gasteiger partial charge in [0.25, 0.3) is 0 Å². The molecule has 3 heteroatoms. The fraction of sp³-hybridized carbons (Fsp3) is 0.417. The van der Waals surface area contributed by atoms with Crippen LogP contribution in [-0.2, 0) is 0 Å². The van der Waals surface area contributed by atoms with Gasteiger partial charge in [0, 0.05) is 20.6 Å². The molecule has 0 aromatic heterocycles. The molecule has 0 N–H and O–H groups in total. The fourth-order valence-electron chi connectivity index (χ4n) is 1.98. The normalized spacial score (nSPS) is 21.3. The van der Waals surface area contributed by atoms with E-state index in [1.807, 2.05) is 14.1 Å². The Hall–Kier alpha value is -1.51. The summed E-state index contributed by atoms with van der Waals surface area (Å²) in [4.78, 5) is 15.2. The van der Waals surface area contributed by atoms with Gasteiger partial charge in [0.1, 0.15) is 0 Å². The van der Waals surface area contributed by atoms with Crippen molar-refractivity contribution in [3.63, 3.8) is 0 Å². The number of carbonyl (C=O) groups excluding carboxylic acids is 1. The van der Waals surface area contributed by atoms with Crippen LogP contribution in [0.15, 0.2) is 24.3 Å². The predicted octanol–water partition coefficient (Wildman–Crippen LogP) is 2.03. The fourth-order valence-corrected chi connectivity index (χ4v) is 1.98. The van der Waals surface area contributed by atoms with E-state index >= 15 is 0 Å². The molecule has 0 radical (unpaired) electrons. The summed E-state index contributed by atoms with van der Waals surface area (Å²) in [5, 5.41) is 0. The van der Waals surface area contributed by atoms with Crippen LogP contribution in [0.3, 0.4) is 0 Å². The third-order valence-electron chi connectivity index (χ3n) is 3.00. The molecule has 1 fully saturated rings. The van der Waals surface area contributed by atoms with Crippen molar-refractivity contribution in [3.8, 4) is 0 Å². The van der Waals surface area contributed by atoms with Crippen LogP contribution in [0.25, 0.3) is 0 Å². The second-order valence-corrected chi connectivity index (χ2v) is 4.20. The smallest absolute Gasteiger partial charge is 0.320 e. The van der Waals surface area contributed by atoms with Crippen molar-refractivity contribution in [2.24, 2.45) is 0 Å². The molecule has 1 aromatic rings. The lowest BCUT2D eigenvalue weighted by Crippen LogP contribution is -2.26. The predicted molar refractivity (Wildman–Crippen MR) is 59.7 cm³/mol. The Morgan fingerprint density at radius 1 is 1.20 bits per heavy atom. The highest BCUT2D eigenvalue weighted by Gasteiger charge is 2.32. The third kappa shape index (κ3) is 1.69. The van der Waals surface area contributed by atoms with Gasteiger partial charge in [-0.1, -0.05) is 29.8 Å². The summed E-state index contributed by atoms with van der Waals surface area (Å²) in [6, 6.07) is 8.67. The quantitative estimate of drug-likeness (QED) is 0.686. The summed E-state index contributed by atoms with van der Waals surface area (Å²) >= 11 is 0. The topological polar surface area (TPSA) is 23.6 Å². The highest BCUT2D eigenvalue weighted by atomic mass is 16.2. The Bertz CT molecular complexity index is 372. The number of nitrogens with zero attached hydrogens (tertiary/aromatic N) is 2. The Kier molecular flexibility index (Phi) is 2.39. The Morgan fingerprint density at radius 2 is 1.80 bits per heavy atom. The Balaban J connectivity index is 2.25. The molecule has 15 heavy (non-hydrogen) atoms. The highest BCUT2D eigenvalue weighted by Crippen LogP contribution is 2.26. The van der Waals surface area contributed by atoms with E-state index in [0.717, 1.165) is 6.54 Å². The SMILES string of the molecule is Cc1ccc(C2CN(C)C(=O)N2C)cc1. The van der Waals surface area contributed by atoms with Crippen LogP contribution in [0.4, 0.5) is 4.79 Å². The van der Waals surface area contributed by atoms with Gasteiger partial charge in [-0.05, 0) is 12.5 Å². The molecular formula is C12H16N2O. The van der Waals surface area contributed by atoms with Gasteiger partial charge in [-0.2, -0.15) is 0 Å². The number of amides is 2. The number of likely N-dealkylation sites (N-methyl/N-ethyl adjacent to an activating group) is 2. The molecule has 0 aliphatic carbocycles. The van der Waals surface area contributed by atoms with Crippen LogP contribution in [0.1, 0.15) is 17.2 Å². The van der Waals surface area contributed by atoms with E-state index in [0.29, 0.717) is 0 Å². The zero-order chi connectivity index (χ0) is 11.0. The van der Waals surface area contributed by atoms with E-state index in [9.17, 15) is 4.79 Å². The molecule has 80 valence electrons. The summed E-state index contributed by atoms with van der Waals surface area (Å²) in [6.45, 7) is 2.85. The zero-order valence-electron chi connectivity index (χ0n) is 9.40. The van der Waals surface area contributed by atoms with Gasteiger partial charge < -0.3 is 9.80 Å². The molecule has 3 nitrogen and oxygen atoms in total. The van der Waals surface area contributed by atoms with Crippen LogP contribution in [0.2, 0.25) is 0 Å². The van der Waals surface area contributed by atoms with Crippen molar-refractivity contribution >= 4 is 6.03 Å². The number of hydrogen-bond acceptors (Lipinski definition) is 1. The van der Waals surface area contributed by atoms with Gasteiger partial charge in [0.2, 0.25) is 0 Å². The van der Waals surface area contributed by atoms with Crippen LogP contribution in [-0.4, -0.2) is 36.5 Å². The molecule has 1 aliphatic rings. The first-order valence-electron chi connectivity index (χ1n) is 5.14. The minimum Gasteiger partial charge on any atom is -0.325 e. The number of aryl methyl sites for hydroxylation is 1. The number of carbonyl (C=O) groups is 1. The minimum absolute atomic E-state index is 0.0978. The van der Waals surface area contributed by atoms with Crippen LogP contribution in [0, 0.1) is 6.92 Å². The van der Waals surface area contributed by atoms with Crippen LogP contribution >= 0.6 is 0 Å². The van der Waals surface area contributed by atoms with Crippen molar-refractivity contribution in [1.29, 1.82) is 0 Å². The maximum Gasteiger partial charge on any atom is 0.320 e. The molecule has 0 spiro atoms. The largest absolute Gasteiger partial charge is 0.325 e. The lowest BCUT2D eigenvalue weighted by Gasteiger charge is -2.18. The van der Waals surface area contributed by atoms with Crippen LogP contribution in [0.5, 0.6) is 0 Å². The maximum absolute atomic E-state index is 11.6.